The summed E-state index contributed by atoms with van der Waals surface area (Å²) >= 11 is 5.81. The Morgan fingerprint density at radius 1 is 1.21 bits per heavy atom. The van der Waals surface area contributed by atoms with Crippen molar-refractivity contribution in [2.45, 2.75) is 13.0 Å². The van der Waals surface area contributed by atoms with E-state index in [9.17, 15) is 0 Å². The lowest BCUT2D eigenvalue weighted by Crippen LogP contribution is -2.27. The van der Waals surface area contributed by atoms with Gasteiger partial charge in [-0.25, -0.2) is 0 Å². The third-order valence-corrected chi connectivity index (χ3v) is 2.45. The third kappa shape index (κ3) is 3.66. The molecule has 0 fully saturated rings. The Bertz CT molecular complexity index is 258. The zero-order chi connectivity index (χ0) is 10.4. The predicted octanol–water partition coefficient (Wildman–Crippen LogP) is 2.21. The minimum atomic E-state index is 0.376. The molecule has 0 amide bonds. The number of halogens is 1. The maximum Gasteiger partial charge on any atom is 0.0406 e. The van der Waals surface area contributed by atoms with Gasteiger partial charge in [0, 0.05) is 24.2 Å². The summed E-state index contributed by atoms with van der Waals surface area (Å²) in [7, 11) is 1.95. The van der Waals surface area contributed by atoms with Gasteiger partial charge in [0.05, 0.1) is 0 Å². The molecule has 0 aromatic heterocycles. The molecule has 1 rings (SSSR count). The highest BCUT2D eigenvalue weighted by Gasteiger charge is 2.02. The van der Waals surface area contributed by atoms with E-state index in [1.807, 2.05) is 19.2 Å². The highest BCUT2D eigenvalue weighted by atomic mass is 35.5. The van der Waals surface area contributed by atoms with E-state index in [0.717, 1.165) is 18.1 Å². The molecule has 2 nitrogen and oxygen atoms in total. The van der Waals surface area contributed by atoms with Gasteiger partial charge >= 0.3 is 0 Å². The van der Waals surface area contributed by atoms with E-state index in [1.165, 1.54) is 5.56 Å². The molecule has 0 saturated carbocycles. The van der Waals surface area contributed by atoms with Crippen molar-refractivity contribution in [3.05, 3.63) is 34.9 Å². The molecule has 0 heterocycles. The van der Waals surface area contributed by atoms with Crippen molar-refractivity contribution in [1.82, 2.24) is 10.6 Å². The Morgan fingerprint density at radius 2 is 1.86 bits per heavy atom. The van der Waals surface area contributed by atoms with Crippen LogP contribution in [0.25, 0.3) is 0 Å². The average Bonchev–Trinajstić information content (AvgIpc) is 2.19. The number of benzene rings is 1. The van der Waals surface area contributed by atoms with Crippen LogP contribution in [-0.4, -0.2) is 20.1 Å². The number of rotatable bonds is 5. The summed E-state index contributed by atoms with van der Waals surface area (Å²) in [6, 6.07) is 8.33. The fourth-order valence-corrected chi connectivity index (χ4v) is 1.41. The molecule has 1 aromatic rings. The molecule has 2 N–H and O–H groups in total. The summed E-state index contributed by atoms with van der Waals surface area (Å²) in [4.78, 5) is 0. The first-order valence-corrected chi connectivity index (χ1v) is 5.25. The first-order chi connectivity index (χ1) is 6.74. The normalized spacial score (nSPS) is 12.8. The van der Waals surface area contributed by atoms with E-state index < -0.39 is 0 Å². The second-order valence-corrected chi connectivity index (χ2v) is 3.77. The zero-order valence-electron chi connectivity index (χ0n) is 8.68. The van der Waals surface area contributed by atoms with Crippen molar-refractivity contribution < 1.29 is 0 Å². The summed E-state index contributed by atoms with van der Waals surface area (Å²) in [6.45, 7) is 4.11. The van der Waals surface area contributed by atoms with Crippen LogP contribution in [0.2, 0.25) is 5.02 Å². The maximum absolute atomic E-state index is 5.81. The van der Waals surface area contributed by atoms with E-state index in [1.54, 1.807) is 0 Å². The van der Waals surface area contributed by atoms with Gasteiger partial charge in [0.2, 0.25) is 0 Å². The van der Waals surface area contributed by atoms with Crippen molar-refractivity contribution in [3.8, 4) is 0 Å². The van der Waals surface area contributed by atoms with Crippen molar-refractivity contribution in [2.24, 2.45) is 0 Å². The lowest BCUT2D eigenvalue weighted by molar-refractivity contribution is 0.562. The average molecular weight is 213 g/mol. The molecule has 0 radical (unpaired) electrons. The largest absolute Gasteiger partial charge is 0.318 e. The van der Waals surface area contributed by atoms with Crippen LogP contribution in [0.3, 0.4) is 0 Å². The van der Waals surface area contributed by atoms with Crippen molar-refractivity contribution in [3.63, 3.8) is 0 Å². The van der Waals surface area contributed by atoms with Gasteiger partial charge in [-0.05, 0) is 31.7 Å². The van der Waals surface area contributed by atoms with Crippen LogP contribution in [-0.2, 0) is 0 Å². The molecule has 0 bridgehead atoms. The lowest BCUT2D eigenvalue weighted by Gasteiger charge is -2.13. The van der Waals surface area contributed by atoms with Gasteiger partial charge in [-0.3, -0.25) is 0 Å². The summed E-state index contributed by atoms with van der Waals surface area (Å²) in [5.41, 5.74) is 1.27. The van der Waals surface area contributed by atoms with Gasteiger partial charge in [0.25, 0.3) is 0 Å². The third-order valence-electron chi connectivity index (χ3n) is 2.20. The van der Waals surface area contributed by atoms with Gasteiger partial charge in [0.15, 0.2) is 0 Å². The van der Waals surface area contributed by atoms with Crippen LogP contribution in [0.1, 0.15) is 18.5 Å². The molecule has 78 valence electrons. The van der Waals surface area contributed by atoms with Crippen LogP contribution in [0.4, 0.5) is 0 Å². The molecule has 0 saturated heterocycles. The minimum Gasteiger partial charge on any atom is -0.318 e. The Kier molecular flexibility index (Phi) is 4.94. The van der Waals surface area contributed by atoms with E-state index in [2.05, 4.69) is 29.7 Å². The number of nitrogens with one attached hydrogen (secondary N) is 2. The fourth-order valence-electron chi connectivity index (χ4n) is 1.28. The molecule has 1 atom stereocenters. The van der Waals surface area contributed by atoms with E-state index in [0.29, 0.717) is 6.04 Å². The quantitative estimate of drug-likeness (QED) is 0.732. The van der Waals surface area contributed by atoms with Gasteiger partial charge in [-0.2, -0.15) is 0 Å². The fraction of sp³-hybridized carbons (Fsp3) is 0.455. The molecule has 0 aliphatic carbocycles. The number of hydrogen-bond donors (Lipinski definition) is 2. The molecule has 0 aliphatic heterocycles. The molecular weight excluding hydrogens is 196 g/mol. The molecule has 0 aliphatic rings. The summed E-state index contributed by atoms with van der Waals surface area (Å²) in [5, 5.41) is 7.30. The highest BCUT2D eigenvalue weighted by molar-refractivity contribution is 6.30. The minimum absolute atomic E-state index is 0.376. The summed E-state index contributed by atoms with van der Waals surface area (Å²) < 4.78 is 0. The Balaban J connectivity index is 2.43. The predicted molar refractivity (Wildman–Crippen MR) is 61.8 cm³/mol. The molecule has 0 unspecified atom stereocenters. The van der Waals surface area contributed by atoms with E-state index in [4.69, 9.17) is 11.6 Å². The van der Waals surface area contributed by atoms with Crippen LogP contribution in [0.5, 0.6) is 0 Å². The van der Waals surface area contributed by atoms with Crippen LogP contribution in [0, 0.1) is 0 Å². The number of likely N-dealkylation sites (N-methyl/N-ethyl adjacent to an activating group) is 1. The monoisotopic (exact) mass is 212 g/mol. The van der Waals surface area contributed by atoms with Gasteiger partial charge in [-0.15, -0.1) is 0 Å². The molecule has 0 spiro atoms. The lowest BCUT2D eigenvalue weighted by atomic mass is 10.1. The van der Waals surface area contributed by atoms with Crippen LogP contribution >= 0.6 is 11.6 Å². The zero-order valence-corrected chi connectivity index (χ0v) is 9.43. The Hall–Kier alpha value is -0.570. The van der Waals surface area contributed by atoms with E-state index in [-0.39, 0.29) is 0 Å². The molecule has 1 aromatic carbocycles. The van der Waals surface area contributed by atoms with Gasteiger partial charge < -0.3 is 10.6 Å². The molecule has 14 heavy (non-hydrogen) atoms. The first kappa shape index (κ1) is 11.5. The highest BCUT2D eigenvalue weighted by Crippen LogP contribution is 2.15. The topological polar surface area (TPSA) is 24.1 Å². The maximum atomic E-state index is 5.81. The Labute approximate surface area is 90.7 Å². The standard InChI is InChI=1S/C11H17ClN2/c1-9(14-8-7-13-2)10-3-5-11(12)6-4-10/h3-6,9,13-14H,7-8H2,1-2H3/t9-/m1/s1. The van der Waals surface area contributed by atoms with Crippen molar-refractivity contribution >= 4 is 11.6 Å². The van der Waals surface area contributed by atoms with Crippen LogP contribution < -0.4 is 10.6 Å². The summed E-state index contributed by atoms with van der Waals surface area (Å²) in [6.07, 6.45) is 0. The number of hydrogen-bond acceptors (Lipinski definition) is 2. The molecular formula is C11H17ClN2. The van der Waals surface area contributed by atoms with Crippen molar-refractivity contribution in [1.29, 1.82) is 0 Å². The van der Waals surface area contributed by atoms with Gasteiger partial charge in [-0.1, -0.05) is 23.7 Å². The Morgan fingerprint density at radius 3 is 2.43 bits per heavy atom. The SMILES string of the molecule is CNCCN[C@H](C)c1ccc(Cl)cc1. The van der Waals surface area contributed by atoms with Crippen molar-refractivity contribution in [2.75, 3.05) is 20.1 Å². The first-order valence-electron chi connectivity index (χ1n) is 4.87. The van der Waals surface area contributed by atoms with E-state index >= 15 is 0 Å². The second kappa shape index (κ2) is 6.02. The second-order valence-electron chi connectivity index (χ2n) is 3.33. The smallest absolute Gasteiger partial charge is 0.0406 e. The summed E-state index contributed by atoms with van der Waals surface area (Å²) in [5.74, 6) is 0. The van der Waals surface area contributed by atoms with Crippen LogP contribution in [0.15, 0.2) is 24.3 Å². The van der Waals surface area contributed by atoms with Gasteiger partial charge in [0.1, 0.15) is 0 Å². The molecule has 3 heteroatoms.